The predicted molar refractivity (Wildman–Crippen MR) is 136 cm³/mol. The van der Waals surface area contributed by atoms with E-state index in [1.807, 2.05) is 0 Å². The fourth-order valence-electron chi connectivity index (χ4n) is 3.77. The molecule has 0 spiro atoms. The van der Waals surface area contributed by atoms with Crippen molar-refractivity contribution < 1.29 is 37.4 Å². The Bertz CT molecular complexity index is 1220. The maximum atomic E-state index is 14.2. The van der Waals surface area contributed by atoms with E-state index in [0.717, 1.165) is 4.57 Å². The maximum absolute atomic E-state index is 14.2. The lowest BCUT2D eigenvalue weighted by atomic mass is 9.97. The highest BCUT2D eigenvalue weighted by Gasteiger charge is 2.59. The summed E-state index contributed by atoms with van der Waals surface area (Å²) in [4.78, 5) is 26.2. The molecule has 1 aliphatic heterocycles. The first-order valence-corrected chi connectivity index (χ1v) is 13.7. The number of carbonyl (C=O) groups excluding carboxylic acids is 1. The van der Waals surface area contributed by atoms with Crippen LogP contribution in [0.4, 0.5) is 10.2 Å². The fourth-order valence-corrected chi connectivity index (χ4v) is 5.74. The lowest BCUT2D eigenvalue weighted by molar-refractivity contribution is -0.149. The van der Waals surface area contributed by atoms with Crippen LogP contribution in [-0.2, 0) is 23.4 Å². The fraction of sp³-hybridized carbons (Fsp3) is 0.522. The van der Waals surface area contributed by atoms with E-state index in [-0.39, 0.29) is 11.6 Å². The number of benzene rings is 1. The van der Waals surface area contributed by atoms with Crippen LogP contribution in [-0.4, -0.2) is 62.6 Å². The number of esters is 1. The van der Waals surface area contributed by atoms with Crippen LogP contribution in [0.5, 0.6) is 5.75 Å². The van der Waals surface area contributed by atoms with Crippen LogP contribution in [0.1, 0.15) is 33.9 Å². The number of hydrogen-bond acceptors (Lipinski definition) is 10. The molecule has 7 atom stereocenters. The van der Waals surface area contributed by atoms with E-state index in [1.165, 1.54) is 38.2 Å². The molecule has 0 aliphatic carbocycles. The first-order valence-electron chi connectivity index (χ1n) is 11.7. The number of aromatic nitrogens is 2. The molecule has 1 aromatic carbocycles. The van der Waals surface area contributed by atoms with Gasteiger partial charge in [0.2, 0.25) is 0 Å². The Hall–Kier alpha value is -2.54. The number of ether oxygens (including phenoxy) is 2. The molecule has 12 nitrogen and oxygen atoms in total. The number of para-hydroxylation sites is 1. The summed E-state index contributed by atoms with van der Waals surface area (Å²) >= 11 is 6.43. The number of nitrogens with two attached hydrogens (primary N) is 1. The molecular formula is C23H31ClFN4O8P. The second kappa shape index (κ2) is 12.1. The Balaban J connectivity index is 1.88. The first-order chi connectivity index (χ1) is 17.8. The zero-order valence-electron chi connectivity index (χ0n) is 21.2. The van der Waals surface area contributed by atoms with Gasteiger partial charge in [-0.1, -0.05) is 18.2 Å². The summed E-state index contributed by atoms with van der Waals surface area (Å²) in [6.45, 7) is 4.81. The van der Waals surface area contributed by atoms with E-state index < -0.39 is 67.6 Å². The van der Waals surface area contributed by atoms with Crippen molar-refractivity contribution in [2.24, 2.45) is 0 Å². The van der Waals surface area contributed by atoms with Gasteiger partial charge in [-0.15, -0.1) is 11.6 Å². The van der Waals surface area contributed by atoms with Gasteiger partial charge in [-0.25, -0.2) is 13.8 Å². The number of halogens is 2. The molecular weight excluding hydrogens is 546 g/mol. The molecule has 15 heteroatoms. The summed E-state index contributed by atoms with van der Waals surface area (Å²) < 4.78 is 51.2. The number of nitrogens with zero attached hydrogens (tertiary/aromatic N) is 2. The van der Waals surface area contributed by atoms with E-state index in [9.17, 15) is 23.7 Å². The van der Waals surface area contributed by atoms with E-state index in [1.54, 1.807) is 32.0 Å². The van der Waals surface area contributed by atoms with Gasteiger partial charge in [-0.3, -0.25) is 13.9 Å². The van der Waals surface area contributed by atoms with Gasteiger partial charge in [0.05, 0.1) is 12.2 Å². The molecule has 3 rings (SSSR count). The van der Waals surface area contributed by atoms with Crippen molar-refractivity contribution in [2.75, 3.05) is 12.4 Å². The molecule has 1 aromatic heterocycles. The van der Waals surface area contributed by atoms with Crippen molar-refractivity contribution in [2.45, 2.75) is 69.3 Å². The second-order valence-corrected chi connectivity index (χ2v) is 11.4. The standard InChI is InChI=1S/C23H31ClFN4O8P/c1-13(2)34-20(31)14(3)28-38(33,37-16-8-6-5-7-9-16)36-15(4)18-19(30)23(24,12-25)21(35-18)29-11-10-17(26)27-22(29)32/h5-11,13-15,18-19,21,30H,12H2,1-4H3,(H,28,33)(H2,26,27,32)/t14-,15-,18+,19?,21+,23+,38+/m0/s1. The van der Waals surface area contributed by atoms with E-state index >= 15 is 0 Å². The summed E-state index contributed by atoms with van der Waals surface area (Å²) in [5.74, 6) is -0.632. The number of aliphatic hydroxyl groups is 1. The smallest absolute Gasteiger partial charge is 0.459 e. The summed E-state index contributed by atoms with van der Waals surface area (Å²) in [6, 6.07) is 8.17. The number of rotatable bonds is 11. The Morgan fingerprint density at radius 1 is 1.32 bits per heavy atom. The van der Waals surface area contributed by atoms with Gasteiger partial charge in [0, 0.05) is 6.20 Å². The minimum absolute atomic E-state index is 0.0753. The Morgan fingerprint density at radius 3 is 2.55 bits per heavy atom. The number of anilines is 1. The number of aliphatic hydroxyl groups excluding tert-OH is 1. The van der Waals surface area contributed by atoms with Gasteiger partial charge in [0.25, 0.3) is 0 Å². The highest BCUT2D eigenvalue weighted by atomic mass is 35.5. The minimum Gasteiger partial charge on any atom is -0.462 e. The molecule has 1 fully saturated rings. The summed E-state index contributed by atoms with van der Waals surface area (Å²) in [5.41, 5.74) is 4.64. The third kappa shape index (κ3) is 6.71. The third-order valence-corrected chi connectivity index (χ3v) is 7.88. The van der Waals surface area contributed by atoms with Crippen molar-refractivity contribution in [3.63, 3.8) is 0 Å². The average molecular weight is 577 g/mol. The molecule has 38 heavy (non-hydrogen) atoms. The van der Waals surface area contributed by atoms with Crippen molar-refractivity contribution in [1.82, 2.24) is 14.6 Å². The number of alkyl halides is 2. The van der Waals surface area contributed by atoms with Crippen LogP contribution in [0.25, 0.3) is 0 Å². The largest absolute Gasteiger partial charge is 0.462 e. The van der Waals surface area contributed by atoms with E-state index in [0.29, 0.717) is 0 Å². The number of carbonyl (C=O) groups is 1. The molecule has 1 aliphatic rings. The van der Waals surface area contributed by atoms with Crippen LogP contribution >= 0.6 is 19.3 Å². The van der Waals surface area contributed by atoms with Gasteiger partial charge < -0.3 is 24.8 Å². The van der Waals surface area contributed by atoms with Gasteiger partial charge >= 0.3 is 19.4 Å². The molecule has 4 N–H and O–H groups in total. The molecule has 2 heterocycles. The lowest BCUT2D eigenvalue weighted by Gasteiger charge is -2.30. The number of nitrogens with one attached hydrogen (secondary N) is 1. The lowest BCUT2D eigenvalue weighted by Crippen LogP contribution is -2.47. The van der Waals surface area contributed by atoms with Gasteiger partial charge in [0.1, 0.15) is 41.4 Å². The molecule has 0 radical (unpaired) electrons. The van der Waals surface area contributed by atoms with Crippen molar-refractivity contribution in [3.8, 4) is 5.75 Å². The Kier molecular flexibility index (Phi) is 9.56. The number of hydrogen-bond donors (Lipinski definition) is 3. The summed E-state index contributed by atoms with van der Waals surface area (Å²) in [6.07, 6.45) is -5.10. The first kappa shape index (κ1) is 30.0. The molecule has 0 saturated carbocycles. The van der Waals surface area contributed by atoms with Crippen LogP contribution in [0, 0.1) is 0 Å². The second-order valence-electron chi connectivity index (χ2n) is 9.05. The van der Waals surface area contributed by atoms with E-state index in [4.69, 9.17) is 35.9 Å². The molecule has 1 unspecified atom stereocenters. The molecule has 1 saturated heterocycles. The molecule has 0 bridgehead atoms. The van der Waals surface area contributed by atoms with Crippen molar-refractivity contribution >= 4 is 31.1 Å². The van der Waals surface area contributed by atoms with Gasteiger partial charge in [-0.2, -0.15) is 10.1 Å². The average Bonchev–Trinajstić information content (AvgIpc) is 3.10. The number of nitrogen functional groups attached to an aromatic ring is 1. The zero-order chi connectivity index (χ0) is 28.3. The summed E-state index contributed by atoms with van der Waals surface area (Å²) in [7, 11) is -4.36. The Labute approximate surface area is 223 Å². The molecule has 210 valence electrons. The minimum atomic E-state index is -4.36. The predicted octanol–water partition coefficient (Wildman–Crippen LogP) is 2.55. The highest BCUT2D eigenvalue weighted by Crippen LogP contribution is 2.50. The quantitative estimate of drug-likeness (QED) is 0.204. The van der Waals surface area contributed by atoms with Gasteiger partial charge in [0.15, 0.2) is 6.23 Å². The van der Waals surface area contributed by atoms with Crippen LogP contribution < -0.4 is 21.0 Å². The van der Waals surface area contributed by atoms with Crippen molar-refractivity contribution in [1.29, 1.82) is 0 Å². The van der Waals surface area contributed by atoms with Crippen LogP contribution in [0.3, 0.4) is 0 Å². The summed E-state index contributed by atoms with van der Waals surface area (Å²) in [5, 5.41) is 13.5. The van der Waals surface area contributed by atoms with Crippen molar-refractivity contribution in [3.05, 3.63) is 53.1 Å². The highest BCUT2D eigenvalue weighted by molar-refractivity contribution is 7.52. The maximum Gasteiger partial charge on any atom is 0.459 e. The third-order valence-electron chi connectivity index (χ3n) is 5.60. The molecule has 2 aromatic rings. The molecule has 0 amide bonds. The van der Waals surface area contributed by atoms with Crippen LogP contribution in [0.15, 0.2) is 47.4 Å². The topological polar surface area (TPSA) is 164 Å². The zero-order valence-corrected chi connectivity index (χ0v) is 22.8. The monoisotopic (exact) mass is 576 g/mol. The van der Waals surface area contributed by atoms with Gasteiger partial charge in [-0.05, 0) is 45.9 Å². The van der Waals surface area contributed by atoms with E-state index in [2.05, 4.69) is 10.1 Å². The van der Waals surface area contributed by atoms with Crippen LogP contribution in [0.2, 0.25) is 0 Å². The normalized spacial score (nSPS) is 26.5. The SMILES string of the molecule is CC(C)OC(=O)[C@H](C)N[P@](=O)(Oc1ccccc1)O[C@@H](C)[C@H]1O[C@@H](n2ccc(N)nc2=O)[C@@](Cl)(CF)C1O. The Morgan fingerprint density at radius 2 is 1.97 bits per heavy atom.